The Labute approximate surface area is 108 Å². The maximum Gasteiger partial charge on any atom is 0.143 e. The topological polar surface area (TPSA) is 61.8 Å². The maximum atomic E-state index is 8.69. The highest BCUT2D eigenvalue weighted by molar-refractivity contribution is 5.82. The summed E-state index contributed by atoms with van der Waals surface area (Å²) in [5.74, 6) is 0.396. The Morgan fingerprint density at radius 1 is 1.44 bits per heavy atom. The van der Waals surface area contributed by atoms with Gasteiger partial charge in [0.15, 0.2) is 0 Å². The molecular weight excluding hydrogens is 226 g/mol. The second kappa shape index (κ2) is 5.87. The number of aryl methyl sites for hydroxylation is 1. The van der Waals surface area contributed by atoms with Crippen molar-refractivity contribution in [1.82, 2.24) is 4.90 Å². The van der Waals surface area contributed by atoms with Crippen molar-refractivity contribution in [3.63, 3.8) is 0 Å². The molecule has 1 atom stereocenters. The van der Waals surface area contributed by atoms with E-state index >= 15 is 0 Å². The van der Waals surface area contributed by atoms with Crippen LogP contribution in [0.4, 0.5) is 0 Å². The Morgan fingerprint density at radius 2 is 2.17 bits per heavy atom. The van der Waals surface area contributed by atoms with E-state index in [0.29, 0.717) is 5.84 Å². The fraction of sp³-hybridized carbons (Fsp3) is 0.500. The molecule has 4 nitrogen and oxygen atoms in total. The van der Waals surface area contributed by atoms with E-state index in [9.17, 15) is 0 Å². The monoisotopic (exact) mass is 247 g/mol. The predicted molar refractivity (Wildman–Crippen MR) is 72.6 cm³/mol. The number of benzene rings is 1. The van der Waals surface area contributed by atoms with Gasteiger partial charge in [-0.1, -0.05) is 36.3 Å². The van der Waals surface area contributed by atoms with E-state index in [1.165, 1.54) is 17.5 Å². The van der Waals surface area contributed by atoms with Crippen LogP contribution in [0.1, 0.15) is 24.5 Å². The summed E-state index contributed by atoms with van der Waals surface area (Å²) in [6, 6.07) is 8.61. The second-order valence-electron chi connectivity index (χ2n) is 5.03. The van der Waals surface area contributed by atoms with Gasteiger partial charge in [0.1, 0.15) is 5.84 Å². The molecule has 2 rings (SSSR count). The first-order chi connectivity index (χ1) is 8.70. The molecule has 0 aliphatic carbocycles. The molecule has 0 saturated carbocycles. The minimum Gasteiger partial charge on any atom is -0.409 e. The lowest BCUT2D eigenvalue weighted by Gasteiger charge is -2.23. The van der Waals surface area contributed by atoms with Crippen molar-refractivity contribution in [3.8, 4) is 0 Å². The zero-order chi connectivity index (χ0) is 13.0. The summed E-state index contributed by atoms with van der Waals surface area (Å²) >= 11 is 0. The summed E-state index contributed by atoms with van der Waals surface area (Å²) < 4.78 is 0. The molecule has 0 radical (unpaired) electrons. The lowest BCUT2D eigenvalue weighted by molar-refractivity contribution is 0.249. The number of fused-ring (bicyclic) bond motifs is 1. The van der Waals surface area contributed by atoms with Crippen LogP contribution in [-0.4, -0.2) is 29.0 Å². The molecule has 1 aromatic rings. The molecule has 0 aromatic heterocycles. The molecule has 0 fully saturated rings. The van der Waals surface area contributed by atoms with Gasteiger partial charge in [-0.15, -0.1) is 0 Å². The van der Waals surface area contributed by atoms with Gasteiger partial charge in [0.25, 0.3) is 0 Å². The largest absolute Gasteiger partial charge is 0.409 e. The first kappa shape index (κ1) is 12.9. The van der Waals surface area contributed by atoms with Gasteiger partial charge in [0, 0.05) is 19.0 Å². The molecule has 3 N–H and O–H groups in total. The van der Waals surface area contributed by atoms with E-state index in [1.807, 2.05) is 6.92 Å². The van der Waals surface area contributed by atoms with Crippen molar-refractivity contribution in [2.45, 2.75) is 26.3 Å². The zero-order valence-corrected chi connectivity index (χ0v) is 10.8. The lowest BCUT2D eigenvalue weighted by Crippen LogP contribution is -2.34. The van der Waals surface area contributed by atoms with Gasteiger partial charge in [-0.3, -0.25) is 4.90 Å². The van der Waals surface area contributed by atoms with Crippen LogP contribution in [0.2, 0.25) is 0 Å². The molecule has 18 heavy (non-hydrogen) atoms. The van der Waals surface area contributed by atoms with Crippen molar-refractivity contribution >= 4 is 5.84 Å². The molecule has 1 unspecified atom stereocenters. The molecule has 0 bridgehead atoms. The third kappa shape index (κ3) is 3.01. The van der Waals surface area contributed by atoms with Crippen LogP contribution in [0.5, 0.6) is 0 Å². The summed E-state index contributed by atoms with van der Waals surface area (Å²) in [4.78, 5) is 2.38. The van der Waals surface area contributed by atoms with Crippen LogP contribution in [0.15, 0.2) is 29.4 Å². The minimum absolute atomic E-state index is 0.0836. The third-order valence-corrected chi connectivity index (χ3v) is 3.59. The van der Waals surface area contributed by atoms with E-state index in [4.69, 9.17) is 10.9 Å². The van der Waals surface area contributed by atoms with Crippen molar-refractivity contribution < 1.29 is 5.21 Å². The quantitative estimate of drug-likeness (QED) is 0.371. The molecule has 0 saturated heterocycles. The van der Waals surface area contributed by atoms with E-state index < -0.39 is 0 Å². The summed E-state index contributed by atoms with van der Waals surface area (Å²) in [6.45, 7) is 4.85. The Bertz CT molecular complexity index is 431. The number of nitrogens with two attached hydrogens (primary N) is 1. The van der Waals surface area contributed by atoms with Gasteiger partial charge in [0.2, 0.25) is 0 Å². The van der Waals surface area contributed by atoms with Crippen LogP contribution in [-0.2, 0) is 13.0 Å². The van der Waals surface area contributed by atoms with Crippen molar-refractivity contribution in [2.75, 3.05) is 13.1 Å². The van der Waals surface area contributed by atoms with Gasteiger partial charge in [-0.25, -0.2) is 0 Å². The van der Waals surface area contributed by atoms with E-state index in [-0.39, 0.29) is 5.92 Å². The molecule has 1 aliphatic heterocycles. The summed E-state index contributed by atoms with van der Waals surface area (Å²) in [7, 11) is 0. The first-order valence-electron chi connectivity index (χ1n) is 6.47. The first-order valence-corrected chi connectivity index (χ1v) is 6.47. The SMILES string of the molecule is CC(CN1CCCc2ccccc2C1)C(N)=NO. The maximum absolute atomic E-state index is 8.69. The average Bonchev–Trinajstić information content (AvgIpc) is 2.59. The number of nitrogens with zero attached hydrogens (tertiary/aromatic N) is 2. The Morgan fingerprint density at radius 3 is 2.89 bits per heavy atom. The van der Waals surface area contributed by atoms with E-state index in [2.05, 4.69) is 34.3 Å². The highest BCUT2D eigenvalue weighted by atomic mass is 16.4. The third-order valence-electron chi connectivity index (χ3n) is 3.59. The molecule has 1 aromatic carbocycles. The average molecular weight is 247 g/mol. The summed E-state index contributed by atoms with van der Waals surface area (Å²) in [5, 5.41) is 11.8. The molecule has 0 amide bonds. The molecule has 4 heteroatoms. The number of amidine groups is 1. The highest BCUT2D eigenvalue weighted by Crippen LogP contribution is 2.19. The van der Waals surface area contributed by atoms with Gasteiger partial charge < -0.3 is 10.9 Å². The van der Waals surface area contributed by atoms with Crippen LogP contribution in [0.25, 0.3) is 0 Å². The molecule has 0 spiro atoms. The Balaban J connectivity index is 2.04. The van der Waals surface area contributed by atoms with Gasteiger partial charge >= 0.3 is 0 Å². The normalized spacial score (nSPS) is 19.1. The van der Waals surface area contributed by atoms with Gasteiger partial charge in [-0.05, 0) is 30.5 Å². The minimum atomic E-state index is 0.0836. The summed E-state index contributed by atoms with van der Waals surface area (Å²) in [5.41, 5.74) is 8.50. The number of rotatable bonds is 3. The number of oxime groups is 1. The Hall–Kier alpha value is -1.55. The Kier molecular flexibility index (Phi) is 4.20. The molecule has 98 valence electrons. The smallest absolute Gasteiger partial charge is 0.143 e. The van der Waals surface area contributed by atoms with E-state index in [1.54, 1.807) is 0 Å². The standard InChI is InChI=1S/C14H21N3O/c1-11(14(15)16-18)9-17-8-4-7-12-5-2-3-6-13(12)10-17/h2-3,5-6,11,18H,4,7-10H2,1H3,(H2,15,16). The predicted octanol–water partition coefficient (Wildman–Crippen LogP) is 1.82. The lowest BCUT2D eigenvalue weighted by atomic mass is 10.0. The molecule has 1 heterocycles. The highest BCUT2D eigenvalue weighted by Gasteiger charge is 2.17. The number of hydrogen-bond acceptors (Lipinski definition) is 3. The van der Waals surface area contributed by atoms with Crippen molar-refractivity contribution in [1.29, 1.82) is 0 Å². The van der Waals surface area contributed by atoms with Crippen LogP contribution < -0.4 is 5.73 Å². The zero-order valence-electron chi connectivity index (χ0n) is 10.8. The summed E-state index contributed by atoms with van der Waals surface area (Å²) in [6.07, 6.45) is 2.31. The van der Waals surface area contributed by atoms with Crippen LogP contribution in [0.3, 0.4) is 0 Å². The van der Waals surface area contributed by atoms with Crippen molar-refractivity contribution in [3.05, 3.63) is 35.4 Å². The molecular formula is C14H21N3O. The fourth-order valence-electron chi connectivity index (χ4n) is 2.50. The van der Waals surface area contributed by atoms with Crippen molar-refractivity contribution in [2.24, 2.45) is 16.8 Å². The van der Waals surface area contributed by atoms with Gasteiger partial charge in [0.05, 0.1) is 0 Å². The van der Waals surface area contributed by atoms with E-state index in [0.717, 1.165) is 26.1 Å². The van der Waals surface area contributed by atoms with Gasteiger partial charge in [-0.2, -0.15) is 0 Å². The van der Waals surface area contributed by atoms with Crippen LogP contribution >= 0.6 is 0 Å². The number of hydrogen-bond donors (Lipinski definition) is 2. The van der Waals surface area contributed by atoms with Crippen LogP contribution in [0, 0.1) is 5.92 Å². The fourth-order valence-corrected chi connectivity index (χ4v) is 2.50. The molecule has 1 aliphatic rings. The second-order valence-corrected chi connectivity index (χ2v) is 5.03.